The van der Waals surface area contributed by atoms with Crippen LogP contribution in [0.3, 0.4) is 0 Å². The first-order valence-electron chi connectivity index (χ1n) is 3.60. The fraction of sp³-hybridized carbons (Fsp3) is 0.222. The second kappa shape index (κ2) is 4.93. The van der Waals surface area contributed by atoms with Crippen molar-refractivity contribution in [3.8, 4) is 5.88 Å². The number of rotatable bonds is 3. The fourth-order valence-electron chi connectivity index (χ4n) is 0.872. The monoisotopic (exact) mass is 227 g/mol. The summed E-state index contributed by atoms with van der Waals surface area (Å²) in [7, 11) is 1.62. The predicted octanol–water partition coefficient (Wildman–Crippen LogP) is 2.50. The highest BCUT2D eigenvalue weighted by Gasteiger charge is 1.96. The number of nitrogens with zero attached hydrogens (tertiary/aromatic N) is 1. The molecule has 0 amide bonds. The molecule has 0 atom stereocenters. The Hall–Kier alpha value is -0.830. The van der Waals surface area contributed by atoms with Gasteiger partial charge in [0.2, 0.25) is 5.88 Å². The van der Waals surface area contributed by atoms with E-state index in [9.17, 15) is 0 Å². The van der Waals surface area contributed by atoms with Crippen molar-refractivity contribution in [2.45, 2.75) is 0 Å². The van der Waals surface area contributed by atoms with Crippen LogP contribution in [0.4, 0.5) is 0 Å². The van der Waals surface area contributed by atoms with Crippen LogP contribution < -0.4 is 4.74 Å². The minimum Gasteiger partial charge on any atom is -0.481 e. The lowest BCUT2D eigenvalue weighted by Crippen LogP contribution is -1.89. The highest BCUT2D eigenvalue weighted by atomic mass is 79.9. The molecule has 3 heteroatoms. The van der Waals surface area contributed by atoms with Crippen molar-refractivity contribution in [3.05, 3.63) is 30.0 Å². The van der Waals surface area contributed by atoms with E-state index >= 15 is 0 Å². The summed E-state index contributed by atoms with van der Waals surface area (Å²) in [6, 6.07) is 3.85. The quantitative estimate of drug-likeness (QED) is 0.741. The van der Waals surface area contributed by atoms with Crippen LogP contribution in [0, 0.1) is 0 Å². The molecule has 2 nitrogen and oxygen atoms in total. The lowest BCUT2D eigenvalue weighted by Gasteiger charge is -2.00. The normalized spacial score (nSPS) is 10.5. The molecule has 1 aromatic heterocycles. The first-order chi connectivity index (χ1) is 5.88. The third-order valence-corrected chi connectivity index (χ3v) is 1.75. The minimum absolute atomic E-state index is 0.662. The van der Waals surface area contributed by atoms with Gasteiger partial charge in [0.25, 0.3) is 0 Å². The molecule has 0 radical (unpaired) electrons. The number of alkyl halides is 1. The van der Waals surface area contributed by atoms with Crippen LogP contribution in [0.1, 0.15) is 5.56 Å². The molecule has 0 aliphatic rings. The van der Waals surface area contributed by atoms with Crippen LogP contribution in [-0.4, -0.2) is 17.4 Å². The third-order valence-electron chi connectivity index (χ3n) is 1.38. The van der Waals surface area contributed by atoms with Crippen LogP contribution in [0.15, 0.2) is 24.4 Å². The van der Waals surface area contributed by atoms with Crippen LogP contribution in [0.25, 0.3) is 6.08 Å². The lowest BCUT2D eigenvalue weighted by molar-refractivity contribution is 0.397. The molecule has 0 bridgehead atoms. The van der Waals surface area contributed by atoms with Crippen LogP contribution in [0.5, 0.6) is 5.88 Å². The summed E-state index contributed by atoms with van der Waals surface area (Å²) < 4.78 is 5.06. The Labute approximate surface area is 80.4 Å². The fourth-order valence-corrected chi connectivity index (χ4v) is 1.06. The third kappa shape index (κ3) is 2.34. The van der Waals surface area contributed by atoms with E-state index in [0.717, 1.165) is 10.9 Å². The zero-order chi connectivity index (χ0) is 8.81. The molecule has 0 aliphatic carbocycles. The Morgan fingerprint density at radius 1 is 1.67 bits per heavy atom. The maximum Gasteiger partial charge on any atom is 0.220 e. The maximum absolute atomic E-state index is 5.06. The maximum atomic E-state index is 5.06. The average molecular weight is 228 g/mol. The molecule has 64 valence electrons. The second-order valence-corrected chi connectivity index (χ2v) is 2.81. The van der Waals surface area contributed by atoms with Crippen molar-refractivity contribution in [2.75, 3.05) is 12.4 Å². The highest BCUT2D eigenvalue weighted by molar-refractivity contribution is 9.09. The zero-order valence-corrected chi connectivity index (χ0v) is 8.41. The molecule has 0 aromatic carbocycles. The van der Waals surface area contributed by atoms with Gasteiger partial charge in [-0.1, -0.05) is 28.1 Å². The van der Waals surface area contributed by atoms with E-state index in [1.807, 2.05) is 24.3 Å². The first-order valence-corrected chi connectivity index (χ1v) is 4.72. The van der Waals surface area contributed by atoms with E-state index < -0.39 is 0 Å². The summed E-state index contributed by atoms with van der Waals surface area (Å²) in [6.45, 7) is 0. The molecular weight excluding hydrogens is 218 g/mol. The summed E-state index contributed by atoms with van der Waals surface area (Å²) in [5, 5.41) is 0.838. The zero-order valence-electron chi connectivity index (χ0n) is 6.83. The Bertz CT molecular complexity index is 273. The number of ether oxygens (including phenoxy) is 1. The largest absolute Gasteiger partial charge is 0.481 e. The van der Waals surface area contributed by atoms with Crippen molar-refractivity contribution < 1.29 is 4.74 Å². The first kappa shape index (κ1) is 9.26. The van der Waals surface area contributed by atoms with Gasteiger partial charge in [0.1, 0.15) is 0 Å². The Balaban J connectivity index is 2.89. The molecule has 12 heavy (non-hydrogen) atoms. The number of allylic oxidation sites excluding steroid dienone is 1. The molecule has 1 rings (SSSR count). The summed E-state index contributed by atoms with van der Waals surface area (Å²) in [4.78, 5) is 4.06. The van der Waals surface area contributed by atoms with Gasteiger partial charge in [0.05, 0.1) is 7.11 Å². The van der Waals surface area contributed by atoms with Crippen molar-refractivity contribution in [1.29, 1.82) is 0 Å². The molecule has 1 heterocycles. The van der Waals surface area contributed by atoms with Gasteiger partial charge in [0, 0.05) is 17.1 Å². The van der Waals surface area contributed by atoms with Gasteiger partial charge in [-0.3, -0.25) is 0 Å². The predicted molar refractivity (Wildman–Crippen MR) is 53.6 cm³/mol. The number of hydrogen-bond donors (Lipinski definition) is 0. The summed E-state index contributed by atoms with van der Waals surface area (Å²) >= 11 is 3.31. The molecule has 0 spiro atoms. The number of pyridine rings is 1. The minimum atomic E-state index is 0.662. The molecule has 0 saturated heterocycles. The van der Waals surface area contributed by atoms with E-state index in [2.05, 4.69) is 20.9 Å². The van der Waals surface area contributed by atoms with Crippen molar-refractivity contribution in [2.24, 2.45) is 0 Å². The van der Waals surface area contributed by atoms with E-state index in [4.69, 9.17) is 4.74 Å². The molecular formula is C9H10BrNO. The Morgan fingerprint density at radius 2 is 2.50 bits per heavy atom. The highest BCUT2D eigenvalue weighted by Crippen LogP contribution is 2.14. The summed E-state index contributed by atoms with van der Waals surface area (Å²) in [5.74, 6) is 0.662. The molecule has 0 unspecified atom stereocenters. The lowest BCUT2D eigenvalue weighted by atomic mass is 10.2. The Kier molecular flexibility index (Phi) is 3.80. The SMILES string of the molecule is COc1ncccc1C=CCBr. The van der Waals surface area contributed by atoms with Crippen LogP contribution in [0.2, 0.25) is 0 Å². The van der Waals surface area contributed by atoms with Gasteiger partial charge in [-0.25, -0.2) is 4.98 Å². The topological polar surface area (TPSA) is 22.1 Å². The van der Waals surface area contributed by atoms with E-state index in [1.54, 1.807) is 13.3 Å². The van der Waals surface area contributed by atoms with Gasteiger partial charge < -0.3 is 4.74 Å². The van der Waals surface area contributed by atoms with Crippen molar-refractivity contribution >= 4 is 22.0 Å². The number of aromatic nitrogens is 1. The number of methoxy groups -OCH3 is 1. The van der Waals surface area contributed by atoms with Gasteiger partial charge in [-0.15, -0.1) is 0 Å². The smallest absolute Gasteiger partial charge is 0.220 e. The van der Waals surface area contributed by atoms with E-state index in [-0.39, 0.29) is 0 Å². The molecule has 0 aliphatic heterocycles. The molecule has 0 fully saturated rings. The van der Waals surface area contributed by atoms with Gasteiger partial charge in [-0.2, -0.15) is 0 Å². The van der Waals surface area contributed by atoms with Gasteiger partial charge in [-0.05, 0) is 12.1 Å². The van der Waals surface area contributed by atoms with Crippen molar-refractivity contribution in [3.63, 3.8) is 0 Å². The van der Waals surface area contributed by atoms with Crippen molar-refractivity contribution in [1.82, 2.24) is 4.98 Å². The van der Waals surface area contributed by atoms with Gasteiger partial charge >= 0.3 is 0 Å². The van der Waals surface area contributed by atoms with Crippen LogP contribution in [-0.2, 0) is 0 Å². The molecule has 0 N–H and O–H groups in total. The number of halogens is 1. The van der Waals surface area contributed by atoms with E-state index in [1.165, 1.54) is 0 Å². The second-order valence-electron chi connectivity index (χ2n) is 2.16. The van der Waals surface area contributed by atoms with Crippen LogP contribution >= 0.6 is 15.9 Å². The number of hydrogen-bond acceptors (Lipinski definition) is 2. The van der Waals surface area contributed by atoms with E-state index in [0.29, 0.717) is 5.88 Å². The standard InChI is InChI=1S/C9H10BrNO/c1-12-9-8(4-2-6-10)5-3-7-11-9/h2-5,7H,6H2,1H3. The average Bonchev–Trinajstić information content (AvgIpc) is 2.15. The molecule has 1 aromatic rings. The molecule has 0 saturated carbocycles. The summed E-state index contributed by atoms with van der Waals surface area (Å²) in [6.07, 6.45) is 5.68. The Morgan fingerprint density at radius 3 is 3.17 bits per heavy atom. The van der Waals surface area contributed by atoms with Gasteiger partial charge in [0.15, 0.2) is 0 Å². The summed E-state index contributed by atoms with van der Waals surface area (Å²) in [5.41, 5.74) is 0.999.